The van der Waals surface area contributed by atoms with Crippen molar-refractivity contribution in [1.29, 1.82) is 0 Å². The van der Waals surface area contributed by atoms with E-state index in [1.807, 2.05) is 68.4 Å². The van der Waals surface area contributed by atoms with Crippen molar-refractivity contribution in [2.24, 2.45) is 0 Å². The number of hydrogen-bond acceptors (Lipinski definition) is 3. The SMILES string of the molecule is Cc1ccc(C)c(NC(=O)CN2C(=O)NC(c3ccccc3)(c3ccccc3)C2=O)c1. The monoisotopic (exact) mass is 413 g/mol. The second-order valence-corrected chi connectivity index (χ2v) is 7.67. The van der Waals surface area contributed by atoms with Crippen LogP contribution in [0.3, 0.4) is 0 Å². The highest BCUT2D eigenvalue weighted by Crippen LogP contribution is 2.35. The minimum atomic E-state index is -1.38. The van der Waals surface area contributed by atoms with Crippen LogP contribution in [0.2, 0.25) is 0 Å². The van der Waals surface area contributed by atoms with Gasteiger partial charge in [-0.15, -0.1) is 0 Å². The third kappa shape index (κ3) is 3.68. The molecular weight excluding hydrogens is 390 g/mol. The van der Waals surface area contributed by atoms with Gasteiger partial charge in [-0.05, 0) is 42.2 Å². The van der Waals surface area contributed by atoms with Gasteiger partial charge >= 0.3 is 6.03 Å². The van der Waals surface area contributed by atoms with E-state index in [0.717, 1.165) is 16.0 Å². The minimum absolute atomic E-state index is 0.376. The van der Waals surface area contributed by atoms with E-state index in [4.69, 9.17) is 0 Å². The maximum absolute atomic E-state index is 13.6. The Kier molecular flexibility index (Phi) is 5.29. The first-order chi connectivity index (χ1) is 14.9. The van der Waals surface area contributed by atoms with E-state index in [9.17, 15) is 14.4 Å². The Labute approximate surface area is 180 Å². The molecule has 0 saturated carbocycles. The number of amides is 4. The molecule has 3 aromatic carbocycles. The summed E-state index contributed by atoms with van der Waals surface area (Å²) >= 11 is 0. The number of carbonyl (C=O) groups excluding carboxylic acids is 3. The summed E-state index contributed by atoms with van der Waals surface area (Å²) in [4.78, 5) is 40.2. The quantitative estimate of drug-likeness (QED) is 0.626. The van der Waals surface area contributed by atoms with Gasteiger partial charge in [0.1, 0.15) is 6.54 Å². The molecule has 31 heavy (non-hydrogen) atoms. The molecule has 3 aromatic rings. The first kappa shape index (κ1) is 20.3. The molecular formula is C25H23N3O3. The zero-order chi connectivity index (χ0) is 22.0. The Balaban J connectivity index is 1.65. The maximum Gasteiger partial charge on any atom is 0.326 e. The average molecular weight is 413 g/mol. The van der Waals surface area contributed by atoms with Gasteiger partial charge < -0.3 is 10.6 Å². The van der Waals surface area contributed by atoms with Crippen LogP contribution in [0.15, 0.2) is 78.9 Å². The summed E-state index contributed by atoms with van der Waals surface area (Å²) in [6, 6.07) is 23.3. The van der Waals surface area contributed by atoms with Crippen LogP contribution in [0, 0.1) is 13.8 Å². The maximum atomic E-state index is 13.6. The lowest BCUT2D eigenvalue weighted by Crippen LogP contribution is -2.45. The van der Waals surface area contributed by atoms with Crippen molar-refractivity contribution in [3.05, 3.63) is 101 Å². The number of carbonyl (C=O) groups is 3. The van der Waals surface area contributed by atoms with Crippen LogP contribution in [0.4, 0.5) is 10.5 Å². The molecule has 2 N–H and O–H groups in total. The second kappa shape index (κ2) is 8.07. The average Bonchev–Trinajstić information content (AvgIpc) is 3.03. The van der Waals surface area contributed by atoms with Crippen LogP contribution >= 0.6 is 0 Å². The van der Waals surface area contributed by atoms with Crippen LogP contribution in [0.1, 0.15) is 22.3 Å². The first-order valence-electron chi connectivity index (χ1n) is 10.0. The van der Waals surface area contributed by atoms with Gasteiger partial charge in [0.05, 0.1) is 0 Å². The van der Waals surface area contributed by atoms with Gasteiger partial charge in [-0.3, -0.25) is 14.5 Å². The number of urea groups is 1. The molecule has 0 spiro atoms. The summed E-state index contributed by atoms with van der Waals surface area (Å²) in [5.74, 6) is -0.917. The van der Waals surface area contributed by atoms with Crippen LogP contribution in [0.25, 0.3) is 0 Å². The van der Waals surface area contributed by atoms with Gasteiger partial charge in [-0.1, -0.05) is 72.8 Å². The highest BCUT2D eigenvalue weighted by Gasteiger charge is 2.54. The molecule has 4 rings (SSSR count). The summed E-state index contributed by atoms with van der Waals surface area (Å²) in [6.07, 6.45) is 0. The summed E-state index contributed by atoms with van der Waals surface area (Å²) in [7, 11) is 0. The van der Waals surface area contributed by atoms with Crippen molar-refractivity contribution in [3.8, 4) is 0 Å². The highest BCUT2D eigenvalue weighted by molar-refractivity contribution is 6.12. The van der Waals surface area contributed by atoms with Crippen molar-refractivity contribution in [1.82, 2.24) is 10.2 Å². The third-order valence-electron chi connectivity index (χ3n) is 5.49. The largest absolute Gasteiger partial charge is 0.326 e. The molecule has 0 unspecified atom stereocenters. The summed E-state index contributed by atoms with van der Waals surface area (Å²) < 4.78 is 0. The normalized spacial score (nSPS) is 15.0. The fourth-order valence-corrected chi connectivity index (χ4v) is 3.86. The van der Waals surface area contributed by atoms with Gasteiger partial charge in [-0.2, -0.15) is 0 Å². The lowest BCUT2D eigenvalue weighted by Gasteiger charge is -2.28. The topological polar surface area (TPSA) is 78.5 Å². The number of nitrogens with zero attached hydrogens (tertiary/aromatic N) is 1. The molecule has 6 nitrogen and oxygen atoms in total. The molecule has 0 atom stereocenters. The van der Waals surface area contributed by atoms with Crippen LogP contribution in [0.5, 0.6) is 0 Å². The van der Waals surface area contributed by atoms with E-state index in [0.29, 0.717) is 16.8 Å². The van der Waals surface area contributed by atoms with Gasteiger partial charge in [0, 0.05) is 5.69 Å². The summed E-state index contributed by atoms with van der Waals surface area (Å²) in [5.41, 5.74) is 2.46. The Bertz CT molecular complexity index is 1100. The first-order valence-corrected chi connectivity index (χ1v) is 10.0. The van der Waals surface area contributed by atoms with E-state index in [1.54, 1.807) is 24.3 Å². The van der Waals surface area contributed by atoms with Gasteiger partial charge in [0.15, 0.2) is 5.54 Å². The van der Waals surface area contributed by atoms with E-state index in [-0.39, 0.29) is 6.54 Å². The molecule has 156 valence electrons. The molecule has 0 aromatic heterocycles. The number of anilines is 1. The molecule has 6 heteroatoms. The Hall–Kier alpha value is -3.93. The standard InChI is InChI=1S/C25H23N3O3/c1-17-13-14-18(2)21(15-17)26-22(29)16-28-23(30)25(27-24(28)31,19-9-5-3-6-10-19)20-11-7-4-8-12-20/h3-15H,16H2,1-2H3,(H,26,29)(H,27,31). The molecule has 1 fully saturated rings. The van der Waals surface area contributed by atoms with E-state index < -0.39 is 23.4 Å². The number of imide groups is 1. The Morgan fingerprint density at radius 3 is 2.06 bits per heavy atom. The zero-order valence-corrected chi connectivity index (χ0v) is 17.4. The molecule has 1 heterocycles. The lowest BCUT2D eigenvalue weighted by molar-refractivity contribution is -0.133. The third-order valence-corrected chi connectivity index (χ3v) is 5.49. The summed E-state index contributed by atoms with van der Waals surface area (Å²) in [6.45, 7) is 3.44. The predicted octanol–water partition coefficient (Wildman–Crippen LogP) is 3.74. The summed E-state index contributed by atoms with van der Waals surface area (Å²) in [5, 5.41) is 5.66. The van der Waals surface area contributed by atoms with Crippen LogP contribution < -0.4 is 10.6 Å². The number of benzene rings is 3. The van der Waals surface area contributed by atoms with Crippen molar-refractivity contribution in [3.63, 3.8) is 0 Å². The smallest absolute Gasteiger partial charge is 0.324 e. The highest BCUT2D eigenvalue weighted by atomic mass is 16.2. The van der Waals surface area contributed by atoms with E-state index in [1.165, 1.54) is 0 Å². The molecule has 0 bridgehead atoms. The predicted molar refractivity (Wildman–Crippen MR) is 118 cm³/mol. The molecule has 0 aliphatic carbocycles. The van der Waals surface area contributed by atoms with Crippen molar-refractivity contribution in [2.75, 3.05) is 11.9 Å². The van der Waals surface area contributed by atoms with Gasteiger partial charge in [0.2, 0.25) is 5.91 Å². The van der Waals surface area contributed by atoms with Crippen LogP contribution in [-0.2, 0) is 15.1 Å². The molecule has 1 aliphatic heterocycles. The fourth-order valence-electron chi connectivity index (χ4n) is 3.86. The van der Waals surface area contributed by atoms with Gasteiger partial charge in [-0.25, -0.2) is 4.79 Å². The molecule has 4 amide bonds. The second-order valence-electron chi connectivity index (χ2n) is 7.67. The van der Waals surface area contributed by atoms with Crippen molar-refractivity contribution >= 4 is 23.5 Å². The Morgan fingerprint density at radius 1 is 0.903 bits per heavy atom. The van der Waals surface area contributed by atoms with Crippen molar-refractivity contribution < 1.29 is 14.4 Å². The van der Waals surface area contributed by atoms with E-state index in [2.05, 4.69) is 10.6 Å². The van der Waals surface area contributed by atoms with E-state index >= 15 is 0 Å². The number of hydrogen-bond donors (Lipinski definition) is 2. The fraction of sp³-hybridized carbons (Fsp3) is 0.160. The zero-order valence-electron chi connectivity index (χ0n) is 17.4. The minimum Gasteiger partial charge on any atom is -0.324 e. The molecule has 1 saturated heterocycles. The van der Waals surface area contributed by atoms with Gasteiger partial charge in [0.25, 0.3) is 5.91 Å². The number of rotatable bonds is 5. The number of aryl methyl sites for hydroxylation is 2. The van der Waals surface area contributed by atoms with Crippen LogP contribution in [-0.4, -0.2) is 29.3 Å². The van der Waals surface area contributed by atoms with Crippen molar-refractivity contribution in [2.45, 2.75) is 19.4 Å². The number of nitrogens with one attached hydrogen (secondary N) is 2. The lowest BCUT2D eigenvalue weighted by atomic mass is 9.82. The Morgan fingerprint density at radius 2 is 1.48 bits per heavy atom. The molecule has 1 aliphatic rings. The molecule has 0 radical (unpaired) electrons.